The van der Waals surface area contributed by atoms with Crippen molar-refractivity contribution in [1.82, 2.24) is 4.90 Å². The van der Waals surface area contributed by atoms with Gasteiger partial charge in [-0.25, -0.2) is 0 Å². The molecule has 116 valence electrons. The molecule has 1 fully saturated rings. The standard InChI is InChI=1S/C15H19BrClNO3/c1-2-5-18(14-9-21-8-12(14)15(19)20)7-10-6-11(17)3-4-13(10)16/h3-4,6,12,14H,2,5,7-9H2,1H3,(H,19,20). The zero-order valence-corrected chi connectivity index (χ0v) is 14.2. The number of carboxylic acids is 1. The van der Waals surface area contributed by atoms with Crippen LogP contribution in [0, 0.1) is 5.92 Å². The quantitative estimate of drug-likeness (QED) is 0.826. The Balaban J connectivity index is 2.18. The van der Waals surface area contributed by atoms with Gasteiger partial charge in [0.15, 0.2) is 0 Å². The van der Waals surface area contributed by atoms with Crippen LogP contribution >= 0.6 is 27.5 Å². The van der Waals surface area contributed by atoms with Crippen LogP contribution in [0.5, 0.6) is 0 Å². The van der Waals surface area contributed by atoms with Crippen molar-refractivity contribution >= 4 is 33.5 Å². The molecule has 2 unspecified atom stereocenters. The van der Waals surface area contributed by atoms with Crippen molar-refractivity contribution in [1.29, 1.82) is 0 Å². The van der Waals surface area contributed by atoms with E-state index in [1.54, 1.807) is 0 Å². The van der Waals surface area contributed by atoms with Crippen molar-refractivity contribution in [3.05, 3.63) is 33.3 Å². The van der Waals surface area contributed by atoms with E-state index in [-0.39, 0.29) is 12.6 Å². The van der Waals surface area contributed by atoms with Gasteiger partial charge in [-0.1, -0.05) is 34.5 Å². The predicted molar refractivity (Wildman–Crippen MR) is 85.6 cm³/mol. The molecule has 1 aliphatic rings. The molecular formula is C15H19BrClNO3. The van der Waals surface area contributed by atoms with Gasteiger partial charge in [-0.3, -0.25) is 9.69 Å². The number of ether oxygens (including phenoxy) is 1. The molecule has 0 amide bonds. The van der Waals surface area contributed by atoms with E-state index in [1.807, 2.05) is 18.2 Å². The Bertz CT molecular complexity index is 512. The second kappa shape index (κ2) is 7.58. The normalized spacial score (nSPS) is 21.9. The molecule has 0 spiro atoms. The van der Waals surface area contributed by atoms with E-state index in [4.69, 9.17) is 16.3 Å². The molecule has 21 heavy (non-hydrogen) atoms. The molecule has 1 saturated heterocycles. The van der Waals surface area contributed by atoms with Gasteiger partial charge in [-0.05, 0) is 36.7 Å². The third-order valence-electron chi connectivity index (χ3n) is 3.73. The molecule has 2 atom stereocenters. The first-order valence-corrected chi connectivity index (χ1v) is 8.18. The number of hydrogen-bond donors (Lipinski definition) is 1. The van der Waals surface area contributed by atoms with Gasteiger partial charge < -0.3 is 9.84 Å². The highest BCUT2D eigenvalue weighted by Crippen LogP contribution is 2.27. The number of halogens is 2. The van der Waals surface area contributed by atoms with Crippen LogP contribution in [0.4, 0.5) is 0 Å². The van der Waals surface area contributed by atoms with Gasteiger partial charge in [-0.2, -0.15) is 0 Å². The molecule has 1 aromatic rings. The van der Waals surface area contributed by atoms with Gasteiger partial charge in [-0.15, -0.1) is 0 Å². The summed E-state index contributed by atoms with van der Waals surface area (Å²) in [6.45, 7) is 4.33. The fourth-order valence-electron chi connectivity index (χ4n) is 2.67. The van der Waals surface area contributed by atoms with E-state index in [9.17, 15) is 9.90 Å². The minimum absolute atomic E-state index is 0.0895. The number of hydrogen-bond acceptors (Lipinski definition) is 3. The van der Waals surface area contributed by atoms with Crippen LogP contribution in [-0.2, 0) is 16.1 Å². The lowest BCUT2D eigenvalue weighted by molar-refractivity contribution is -0.143. The topological polar surface area (TPSA) is 49.8 Å². The number of aliphatic carboxylic acids is 1. The van der Waals surface area contributed by atoms with Crippen molar-refractivity contribution in [2.75, 3.05) is 19.8 Å². The molecule has 6 heteroatoms. The Labute approximate surface area is 138 Å². The molecule has 1 aromatic carbocycles. The third-order valence-corrected chi connectivity index (χ3v) is 4.74. The Morgan fingerprint density at radius 2 is 2.29 bits per heavy atom. The van der Waals surface area contributed by atoms with Crippen molar-refractivity contribution in [2.45, 2.75) is 25.9 Å². The highest BCUT2D eigenvalue weighted by atomic mass is 79.9. The van der Waals surface area contributed by atoms with Crippen LogP contribution in [0.2, 0.25) is 5.02 Å². The van der Waals surface area contributed by atoms with Gasteiger partial charge in [0.2, 0.25) is 0 Å². The first kappa shape index (κ1) is 16.7. The largest absolute Gasteiger partial charge is 0.481 e. The number of benzene rings is 1. The number of carbonyl (C=O) groups is 1. The molecule has 1 N–H and O–H groups in total. The van der Waals surface area contributed by atoms with Crippen molar-refractivity contribution < 1.29 is 14.6 Å². The third kappa shape index (κ3) is 4.19. The SMILES string of the molecule is CCCN(Cc1cc(Cl)ccc1Br)C1COCC1C(=O)O. The van der Waals surface area contributed by atoms with Crippen LogP contribution in [0.3, 0.4) is 0 Å². The second-order valence-electron chi connectivity index (χ2n) is 5.26. The fraction of sp³-hybridized carbons (Fsp3) is 0.533. The Morgan fingerprint density at radius 3 is 2.95 bits per heavy atom. The summed E-state index contributed by atoms with van der Waals surface area (Å²) in [7, 11) is 0. The lowest BCUT2D eigenvalue weighted by Crippen LogP contribution is -2.43. The lowest BCUT2D eigenvalue weighted by Gasteiger charge is -2.30. The zero-order chi connectivity index (χ0) is 15.4. The minimum atomic E-state index is -0.788. The van der Waals surface area contributed by atoms with Gasteiger partial charge in [0.1, 0.15) is 0 Å². The molecule has 2 rings (SSSR count). The van der Waals surface area contributed by atoms with Crippen LogP contribution in [0.15, 0.2) is 22.7 Å². The number of nitrogens with zero attached hydrogens (tertiary/aromatic N) is 1. The maximum Gasteiger partial charge on any atom is 0.310 e. The first-order valence-electron chi connectivity index (χ1n) is 7.01. The van der Waals surface area contributed by atoms with Crippen LogP contribution in [-0.4, -0.2) is 41.8 Å². The summed E-state index contributed by atoms with van der Waals surface area (Å²) >= 11 is 9.59. The highest BCUT2D eigenvalue weighted by Gasteiger charge is 2.37. The molecule has 1 aliphatic heterocycles. The molecule has 0 radical (unpaired) electrons. The predicted octanol–water partition coefficient (Wildman–Crippen LogP) is 3.41. The van der Waals surface area contributed by atoms with Crippen molar-refractivity contribution in [3.63, 3.8) is 0 Å². The van der Waals surface area contributed by atoms with Gasteiger partial charge >= 0.3 is 5.97 Å². The molecular weight excluding hydrogens is 358 g/mol. The molecule has 0 saturated carbocycles. The summed E-state index contributed by atoms with van der Waals surface area (Å²) in [4.78, 5) is 13.5. The second-order valence-corrected chi connectivity index (χ2v) is 6.55. The monoisotopic (exact) mass is 375 g/mol. The average molecular weight is 377 g/mol. The summed E-state index contributed by atoms with van der Waals surface area (Å²) in [6.07, 6.45) is 0.959. The number of carboxylic acid groups (broad SMARTS) is 1. The molecule has 4 nitrogen and oxygen atoms in total. The zero-order valence-electron chi connectivity index (χ0n) is 11.9. The first-order chi connectivity index (χ1) is 10.0. The van der Waals surface area contributed by atoms with Crippen molar-refractivity contribution in [2.24, 2.45) is 5.92 Å². The van der Waals surface area contributed by atoms with E-state index in [2.05, 4.69) is 27.8 Å². The smallest absolute Gasteiger partial charge is 0.310 e. The summed E-state index contributed by atoms with van der Waals surface area (Å²) in [5.41, 5.74) is 1.06. The molecule has 0 aromatic heterocycles. The van der Waals surface area contributed by atoms with E-state index >= 15 is 0 Å². The summed E-state index contributed by atoms with van der Waals surface area (Å²) in [6, 6.07) is 5.58. The van der Waals surface area contributed by atoms with E-state index in [1.165, 1.54) is 0 Å². The van der Waals surface area contributed by atoms with E-state index < -0.39 is 11.9 Å². The van der Waals surface area contributed by atoms with Crippen LogP contribution in [0.25, 0.3) is 0 Å². The van der Waals surface area contributed by atoms with Gasteiger partial charge in [0.05, 0.1) is 19.1 Å². The van der Waals surface area contributed by atoms with E-state index in [0.717, 1.165) is 23.0 Å². The van der Waals surface area contributed by atoms with Crippen LogP contribution in [0.1, 0.15) is 18.9 Å². The summed E-state index contributed by atoms with van der Waals surface area (Å²) in [5.74, 6) is -1.25. The van der Waals surface area contributed by atoms with Crippen LogP contribution < -0.4 is 0 Å². The highest BCUT2D eigenvalue weighted by molar-refractivity contribution is 9.10. The Morgan fingerprint density at radius 1 is 1.52 bits per heavy atom. The number of rotatable bonds is 6. The summed E-state index contributed by atoms with van der Waals surface area (Å²) < 4.78 is 6.37. The Kier molecular flexibility index (Phi) is 6.05. The maximum atomic E-state index is 11.4. The molecule has 1 heterocycles. The molecule has 0 aliphatic carbocycles. The van der Waals surface area contributed by atoms with Gasteiger partial charge in [0, 0.05) is 22.1 Å². The fourth-order valence-corrected chi connectivity index (χ4v) is 3.24. The van der Waals surface area contributed by atoms with Crippen molar-refractivity contribution in [3.8, 4) is 0 Å². The average Bonchev–Trinajstić information content (AvgIpc) is 2.91. The maximum absolute atomic E-state index is 11.4. The molecule has 0 bridgehead atoms. The summed E-state index contributed by atoms with van der Waals surface area (Å²) in [5, 5.41) is 10.0. The minimum Gasteiger partial charge on any atom is -0.481 e. The lowest BCUT2D eigenvalue weighted by atomic mass is 10.0. The van der Waals surface area contributed by atoms with Gasteiger partial charge in [0.25, 0.3) is 0 Å². The van der Waals surface area contributed by atoms with E-state index in [0.29, 0.717) is 18.2 Å². The Hall–Kier alpha value is -0.620.